The Morgan fingerprint density at radius 2 is 1.49 bits per heavy atom. The molecule has 1 aromatic rings. The van der Waals surface area contributed by atoms with E-state index in [1.165, 1.54) is 96.0 Å². The van der Waals surface area contributed by atoms with Crippen LogP contribution in [0, 0.1) is 41.3 Å². The number of hydrogen-bond acceptors (Lipinski definition) is 1. The average Bonchev–Trinajstić information content (AvgIpc) is 2.83. The number of benzene rings is 1. The summed E-state index contributed by atoms with van der Waals surface area (Å²) in [5.74, 6) is 7.07. The van der Waals surface area contributed by atoms with Crippen molar-refractivity contribution >= 4 is 0 Å². The zero-order valence-corrected chi connectivity index (χ0v) is 21.0. The van der Waals surface area contributed by atoms with E-state index in [-0.39, 0.29) is 0 Å². The van der Waals surface area contributed by atoms with Crippen LogP contribution in [0.5, 0.6) is 5.75 Å². The first-order chi connectivity index (χ1) is 16.8. The molecule has 0 radical (unpaired) electrons. The van der Waals surface area contributed by atoms with E-state index in [1.807, 2.05) is 0 Å². The molecule has 0 heterocycles. The van der Waals surface area contributed by atoms with Crippen LogP contribution in [0.4, 0.5) is 17.6 Å². The molecule has 0 aliphatic heterocycles. The molecule has 3 rings (SSSR count). The van der Waals surface area contributed by atoms with Crippen LogP contribution >= 0.6 is 0 Å². The number of allylic oxidation sites excluding steroid dienone is 2. The molecule has 2 aliphatic carbocycles. The zero-order chi connectivity index (χ0) is 25.1. The van der Waals surface area contributed by atoms with E-state index in [4.69, 9.17) is 0 Å². The first kappa shape index (κ1) is 27.6. The van der Waals surface area contributed by atoms with Crippen molar-refractivity contribution in [2.45, 2.75) is 103 Å². The molecule has 5 heteroatoms. The summed E-state index contributed by atoms with van der Waals surface area (Å²) in [6.07, 6.45) is 18.1. The SMILES string of the molecule is CCCCC[C@H]1CC[C@H](CC[C@H]2CC[C@H](C=CC#Cc3ccc(OC(F)(F)F)c(F)c3)CC2)CC1. The predicted octanol–water partition coefficient (Wildman–Crippen LogP) is 9.61. The number of hydrogen-bond donors (Lipinski definition) is 0. The highest BCUT2D eigenvalue weighted by Gasteiger charge is 2.32. The fourth-order valence-corrected chi connectivity index (χ4v) is 5.73. The summed E-state index contributed by atoms with van der Waals surface area (Å²) < 4.78 is 54.1. The van der Waals surface area contributed by atoms with Gasteiger partial charge in [0.1, 0.15) is 0 Å². The Hall–Kier alpha value is -1.96. The number of ether oxygens (including phenoxy) is 1. The normalized spacial score (nSPS) is 25.3. The maximum atomic E-state index is 13.8. The number of halogens is 4. The fourth-order valence-electron chi connectivity index (χ4n) is 5.73. The maximum absolute atomic E-state index is 13.8. The van der Waals surface area contributed by atoms with Crippen LogP contribution in [-0.4, -0.2) is 6.36 Å². The van der Waals surface area contributed by atoms with Crippen LogP contribution in [-0.2, 0) is 0 Å². The molecule has 1 aromatic carbocycles. The highest BCUT2D eigenvalue weighted by molar-refractivity contribution is 5.41. The molecule has 194 valence electrons. The van der Waals surface area contributed by atoms with Crippen LogP contribution in [0.2, 0.25) is 0 Å². The van der Waals surface area contributed by atoms with Crippen molar-refractivity contribution in [1.82, 2.24) is 0 Å². The molecule has 1 nitrogen and oxygen atoms in total. The molecule has 2 saturated carbocycles. The molecule has 0 atom stereocenters. The molecule has 2 aliphatic rings. The van der Waals surface area contributed by atoms with Gasteiger partial charge in [-0.2, -0.15) is 0 Å². The lowest BCUT2D eigenvalue weighted by molar-refractivity contribution is -0.275. The van der Waals surface area contributed by atoms with Gasteiger partial charge in [-0.3, -0.25) is 0 Å². The Balaban J connectivity index is 1.32. The van der Waals surface area contributed by atoms with Crippen molar-refractivity contribution in [3.8, 4) is 17.6 Å². The maximum Gasteiger partial charge on any atom is 0.573 e. The highest BCUT2D eigenvalue weighted by atomic mass is 19.4. The van der Waals surface area contributed by atoms with Crippen LogP contribution in [0.1, 0.15) is 102 Å². The average molecular weight is 493 g/mol. The van der Waals surface area contributed by atoms with Crippen molar-refractivity contribution in [3.63, 3.8) is 0 Å². The molecule has 2 fully saturated rings. The molecular weight excluding hydrogens is 452 g/mol. The summed E-state index contributed by atoms with van der Waals surface area (Å²) in [6.45, 7) is 2.28. The van der Waals surface area contributed by atoms with Gasteiger partial charge < -0.3 is 4.74 Å². The Morgan fingerprint density at radius 3 is 2.06 bits per heavy atom. The summed E-state index contributed by atoms with van der Waals surface area (Å²) >= 11 is 0. The largest absolute Gasteiger partial charge is 0.573 e. The van der Waals surface area contributed by atoms with Crippen molar-refractivity contribution in [3.05, 3.63) is 41.7 Å². The topological polar surface area (TPSA) is 9.23 Å². The molecule has 0 saturated heterocycles. The van der Waals surface area contributed by atoms with E-state index in [0.717, 1.165) is 29.9 Å². The first-order valence-electron chi connectivity index (χ1n) is 13.6. The van der Waals surface area contributed by atoms with E-state index in [0.29, 0.717) is 11.5 Å². The quantitative estimate of drug-likeness (QED) is 0.189. The van der Waals surface area contributed by atoms with Crippen LogP contribution < -0.4 is 4.74 Å². The van der Waals surface area contributed by atoms with E-state index in [9.17, 15) is 17.6 Å². The smallest absolute Gasteiger partial charge is 0.403 e. The predicted molar refractivity (Wildman–Crippen MR) is 133 cm³/mol. The summed E-state index contributed by atoms with van der Waals surface area (Å²) in [6, 6.07) is 3.25. The van der Waals surface area contributed by atoms with Crippen LogP contribution in [0.3, 0.4) is 0 Å². The third-order valence-electron chi connectivity index (χ3n) is 7.88. The lowest BCUT2D eigenvalue weighted by Gasteiger charge is -2.31. The van der Waals surface area contributed by atoms with Gasteiger partial charge in [-0.1, -0.05) is 89.0 Å². The van der Waals surface area contributed by atoms with Crippen molar-refractivity contribution in [2.75, 3.05) is 0 Å². The van der Waals surface area contributed by atoms with Crippen molar-refractivity contribution < 1.29 is 22.3 Å². The van der Waals surface area contributed by atoms with Gasteiger partial charge in [-0.25, -0.2) is 4.39 Å². The third kappa shape index (κ3) is 10.3. The minimum atomic E-state index is -4.91. The summed E-state index contributed by atoms with van der Waals surface area (Å²) in [7, 11) is 0. The molecule has 35 heavy (non-hydrogen) atoms. The Morgan fingerprint density at radius 1 is 0.886 bits per heavy atom. The van der Waals surface area contributed by atoms with Gasteiger partial charge in [0, 0.05) is 5.56 Å². The van der Waals surface area contributed by atoms with E-state index in [1.54, 1.807) is 6.08 Å². The van der Waals surface area contributed by atoms with E-state index in [2.05, 4.69) is 29.6 Å². The van der Waals surface area contributed by atoms with Gasteiger partial charge in [0.05, 0.1) is 0 Å². The number of rotatable bonds is 9. The number of unbranched alkanes of at least 4 members (excludes halogenated alkanes) is 2. The second-order valence-electron chi connectivity index (χ2n) is 10.6. The van der Waals surface area contributed by atoms with Gasteiger partial charge in [-0.15, -0.1) is 13.2 Å². The summed E-state index contributed by atoms with van der Waals surface area (Å²) in [4.78, 5) is 0. The Bertz CT molecular complexity index is 847. The summed E-state index contributed by atoms with van der Waals surface area (Å²) in [5, 5.41) is 0. The highest BCUT2D eigenvalue weighted by Crippen LogP contribution is 2.38. The van der Waals surface area contributed by atoms with E-state index >= 15 is 0 Å². The number of alkyl halides is 3. The van der Waals surface area contributed by atoms with Gasteiger partial charge in [-0.05, 0) is 73.6 Å². The molecule has 0 unspecified atom stereocenters. The second kappa shape index (κ2) is 14.0. The Labute approximate surface area is 208 Å². The molecular formula is C30H40F4O. The van der Waals surface area contributed by atoms with Crippen molar-refractivity contribution in [2.24, 2.45) is 23.7 Å². The monoisotopic (exact) mass is 492 g/mol. The molecule has 0 spiro atoms. The summed E-state index contributed by atoms with van der Waals surface area (Å²) in [5.41, 5.74) is 0.320. The lowest BCUT2D eigenvalue weighted by atomic mass is 9.75. The van der Waals surface area contributed by atoms with E-state index < -0.39 is 17.9 Å². The van der Waals surface area contributed by atoms with Gasteiger partial charge in [0.15, 0.2) is 11.6 Å². The Kier molecular flexibility index (Phi) is 11.0. The zero-order valence-electron chi connectivity index (χ0n) is 21.0. The van der Waals surface area contributed by atoms with Gasteiger partial charge >= 0.3 is 6.36 Å². The minimum Gasteiger partial charge on any atom is -0.403 e. The lowest BCUT2D eigenvalue weighted by Crippen LogP contribution is -2.17. The van der Waals surface area contributed by atoms with Gasteiger partial charge in [0.25, 0.3) is 0 Å². The van der Waals surface area contributed by atoms with Gasteiger partial charge in [0.2, 0.25) is 0 Å². The minimum absolute atomic E-state index is 0.320. The second-order valence-corrected chi connectivity index (χ2v) is 10.6. The van der Waals surface area contributed by atoms with Crippen LogP contribution in [0.15, 0.2) is 30.4 Å². The molecule has 0 aromatic heterocycles. The standard InChI is InChI=1S/C30H40F4O/c1-2-3-4-7-23-10-14-25(15-11-23)18-19-26-16-12-24(13-17-26)8-5-6-9-27-20-21-29(28(31)22-27)35-30(32,33)34/h5,8,20-26H,2-4,7,10-19H2,1H3/t23-,24-,25-,26-. The fraction of sp³-hybridized carbons (Fsp3) is 0.667. The van der Waals surface area contributed by atoms with Crippen LogP contribution in [0.25, 0.3) is 0 Å². The third-order valence-corrected chi connectivity index (χ3v) is 7.88. The first-order valence-corrected chi connectivity index (χ1v) is 13.6. The molecule has 0 N–H and O–H groups in total. The van der Waals surface area contributed by atoms with Crippen molar-refractivity contribution in [1.29, 1.82) is 0 Å². The molecule has 0 bridgehead atoms. The molecule has 0 amide bonds.